The van der Waals surface area contributed by atoms with Gasteiger partial charge in [0.1, 0.15) is 13.2 Å². The van der Waals surface area contributed by atoms with Gasteiger partial charge >= 0.3 is 5.97 Å². The fraction of sp³-hybridized carbons (Fsp3) is 0.625. The van der Waals surface area contributed by atoms with Crippen LogP contribution < -0.4 is 5.73 Å². The first-order valence-electron chi connectivity index (χ1n) is 4.38. The molecule has 0 bridgehead atoms. The van der Waals surface area contributed by atoms with Crippen LogP contribution in [-0.4, -0.2) is 39.9 Å². The van der Waals surface area contributed by atoms with Crippen LogP contribution in [0, 0.1) is 0 Å². The van der Waals surface area contributed by atoms with Crippen LogP contribution in [0.25, 0.3) is 0 Å². The molecule has 0 aliphatic rings. The fourth-order valence-corrected chi connectivity index (χ4v) is 1.64. The maximum atomic E-state index is 11.1. The Morgan fingerprint density at radius 2 is 2.07 bits per heavy atom. The Hall–Kier alpha value is -0.920. The van der Waals surface area contributed by atoms with Crippen LogP contribution in [0.4, 0.5) is 0 Å². The summed E-state index contributed by atoms with van der Waals surface area (Å²) >= 11 is 0. The molecule has 0 saturated carbocycles. The van der Waals surface area contributed by atoms with Gasteiger partial charge in [0.2, 0.25) is 0 Å². The van der Waals surface area contributed by atoms with Gasteiger partial charge in [-0.05, 0) is 13.0 Å². The Labute approximate surface area is 89.2 Å². The molecule has 0 aromatic heterocycles. The Morgan fingerprint density at radius 1 is 1.40 bits per heavy atom. The molecule has 0 amide bonds. The summed E-state index contributed by atoms with van der Waals surface area (Å²) in [7, 11) is -3.55. The second-order valence-corrected chi connectivity index (χ2v) is 4.36. The van der Waals surface area contributed by atoms with Crippen LogP contribution in [0.3, 0.4) is 0 Å². The Bertz CT molecular complexity index is 298. The predicted molar refractivity (Wildman–Crippen MR) is 54.6 cm³/mol. The normalized spacial score (nSPS) is 11.0. The van der Waals surface area contributed by atoms with Crippen molar-refractivity contribution in [3.05, 3.63) is 12.7 Å². The van der Waals surface area contributed by atoms with Gasteiger partial charge in [-0.15, -0.1) is 0 Å². The number of rotatable bonds is 8. The highest BCUT2D eigenvalue weighted by molar-refractivity contribution is 7.86. The first kappa shape index (κ1) is 14.1. The lowest BCUT2D eigenvalue weighted by Crippen LogP contribution is -2.17. The lowest BCUT2D eigenvalue weighted by Gasteiger charge is -2.04. The van der Waals surface area contributed by atoms with Crippen molar-refractivity contribution in [1.82, 2.24) is 0 Å². The minimum absolute atomic E-state index is 0.118. The molecule has 0 aromatic carbocycles. The van der Waals surface area contributed by atoms with Crippen molar-refractivity contribution in [3.8, 4) is 0 Å². The van der Waals surface area contributed by atoms with Crippen molar-refractivity contribution >= 4 is 16.1 Å². The number of esters is 1. The number of hydrogen-bond acceptors (Lipinski definition) is 6. The number of carbonyl (C=O) groups is 1. The maximum Gasteiger partial charge on any atom is 0.330 e. The summed E-state index contributed by atoms with van der Waals surface area (Å²) in [5.74, 6) is -0.739. The molecule has 0 unspecified atom stereocenters. The van der Waals surface area contributed by atoms with Crippen molar-refractivity contribution in [2.24, 2.45) is 5.73 Å². The van der Waals surface area contributed by atoms with Crippen molar-refractivity contribution in [3.63, 3.8) is 0 Å². The average Bonchev–Trinajstić information content (AvgIpc) is 2.21. The van der Waals surface area contributed by atoms with Gasteiger partial charge < -0.3 is 10.5 Å². The summed E-state index contributed by atoms with van der Waals surface area (Å²) in [6.07, 6.45) is 1.33. The molecule has 0 fully saturated rings. The third-order valence-corrected chi connectivity index (χ3v) is 2.67. The van der Waals surface area contributed by atoms with E-state index in [4.69, 9.17) is 5.73 Å². The van der Waals surface area contributed by atoms with E-state index in [0.29, 0.717) is 6.42 Å². The van der Waals surface area contributed by atoms with Gasteiger partial charge in [0.15, 0.2) is 0 Å². The van der Waals surface area contributed by atoms with E-state index in [1.54, 1.807) is 0 Å². The second kappa shape index (κ2) is 7.38. The summed E-state index contributed by atoms with van der Waals surface area (Å²) in [6, 6.07) is 0. The second-order valence-electron chi connectivity index (χ2n) is 2.60. The smallest absolute Gasteiger partial charge is 0.330 e. The quantitative estimate of drug-likeness (QED) is 0.262. The highest BCUT2D eigenvalue weighted by Crippen LogP contribution is 1.95. The molecule has 0 rings (SSSR count). The standard InChI is InChI=1S/C8H15NO5S/c1-2-8(10)13-5-6-14-15(11,12)7-3-4-9/h2H,1,3-7,9H2. The average molecular weight is 237 g/mol. The first-order valence-corrected chi connectivity index (χ1v) is 5.96. The minimum atomic E-state index is -3.55. The van der Waals surface area contributed by atoms with Crippen molar-refractivity contribution in [2.45, 2.75) is 6.42 Å². The molecule has 15 heavy (non-hydrogen) atoms. The molecule has 7 heteroatoms. The molecule has 0 heterocycles. The summed E-state index contributed by atoms with van der Waals surface area (Å²) in [5.41, 5.74) is 5.15. The van der Waals surface area contributed by atoms with Crippen LogP contribution in [0.5, 0.6) is 0 Å². The van der Waals surface area contributed by atoms with E-state index < -0.39 is 16.1 Å². The lowest BCUT2D eigenvalue weighted by molar-refractivity contribution is -0.138. The molecule has 0 aliphatic carbocycles. The Morgan fingerprint density at radius 3 is 2.60 bits per heavy atom. The molecule has 88 valence electrons. The molecule has 0 aromatic rings. The van der Waals surface area contributed by atoms with Crippen LogP contribution in [0.1, 0.15) is 6.42 Å². The summed E-state index contributed by atoms with van der Waals surface area (Å²) in [4.78, 5) is 10.5. The van der Waals surface area contributed by atoms with E-state index in [1.165, 1.54) is 0 Å². The maximum absolute atomic E-state index is 11.1. The van der Waals surface area contributed by atoms with E-state index in [2.05, 4.69) is 15.5 Å². The molecule has 6 nitrogen and oxygen atoms in total. The predicted octanol–water partition coefficient (Wildman–Crippen LogP) is -0.589. The van der Waals surface area contributed by atoms with Crippen molar-refractivity contribution < 1.29 is 22.1 Å². The zero-order valence-electron chi connectivity index (χ0n) is 8.35. The van der Waals surface area contributed by atoms with E-state index in [-0.39, 0.29) is 25.5 Å². The molecule has 0 atom stereocenters. The van der Waals surface area contributed by atoms with E-state index >= 15 is 0 Å². The highest BCUT2D eigenvalue weighted by atomic mass is 32.2. The van der Waals surface area contributed by atoms with Crippen molar-refractivity contribution in [1.29, 1.82) is 0 Å². The lowest BCUT2D eigenvalue weighted by atomic mass is 10.5. The van der Waals surface area contributed by atoms with E-state index in [1.807, 2.05) is 0 Å². The fourth-order valence-electron chi connectivity index (χ4n) is 0.681. The summed E-state index contributed by atoms with van der Waals surface area (Å²) in [6.45, 7) is 3.16. The molecular weight excluding hydrogens is 222 g/mol. The summed E-state index contributed by atoms with van der Waals surface area (Å²) < 4.78 is 31.2. The van der Waals surface area contributed by atoms with Crippen LogP contribution in [-0.2, 0) is 23.8 Å². The largest absolute Gasteiger partial charge is 0.460 e. The van der Waals surface area contributed by atoms with Gasteiger partial charge in [0, 0.05) is 6.08 Å². The van der Waals surface area contributed by atoms with Crippen LogP contribution >= 0.6 is 0 Å². The monoisotopic (exact) mass is 237 g/mol. The first-order chi connectivity index (χ1) is 7.02. The molecule has 0 spiro atoms. The Kier molecular flexibility index (Phi) is 6.93. The summed E-state index contributed by atoms with van der Waals surface area (Å²) in [5, 5.41) is 0. The number of hydrogen-bond donors (Lipinski definition) is 1. The van der Waals surface area contributed by atoms with Crippen LogP contribution in [0.15, 0.2) is 12.7 Å². The number of nitrogens with two attached hydrogens (primary N) is 1. The van der Waals surface area contributed by atoms with Crippen LogP contribution in [0.2, 0.25) is 0 Å². The SMILES string of the molecule is C=CC(=O)OCCOS(=O)(=O)CCCN. The zero-order valence-corrected chi connectivity index (χ0v) is 9.16. The van der Waals surface area contributed by atoms with Gasteiger partial charge in [0.05, 0.1) is 5.75 Å². The number of ether oxygens (including phenoxy) is 1. The van der Waals surface area contributed by atoms with Gasteiger partial charge in [-0.3, -0.25) is 4.18 Å². The topological polar surface area (TPSA) is 95.7 Å². The third kappa shape index (κ3) is 8.10. The van der Waals surface area contributed by atoms with Crippen molar-refractivity contribution in [2.75, 3.05) is 25.5 Å². The highest BCUT2D eigenvalue weighted by Gasteiger charge is 2.10. The zero-order chi connectivity index (χ0) is 11.7. The molecule has 0 radical (unpaired) electrons. The van der Waals surface area contributed by atoms with E-state index in [0.717, 1.165) is 6.08 Å². The number of carbonyl (C=O) groups excluding carboxylic acids is 1. The van der Waals surface area contributed by atoms with Gasteiger partial charge in [-0.2, -0.15) is 8.42 Å². The van der Waals surface area contributed by atoms with Gasteiger partial charge in [-0.25, -0.2) is 4.79 Å². The third-order valence-electron chi connectivity index (χ3n) is 1.36. The molecular formula is C8H15NO5S. The van der Waals surface area contributed by atoms with E-state index in [9.17, 15) is 13.2 Å². The molecule has 0 saturated heterocycles. The van der Waals surface area contributed by atoms with Gasteiger partial charge in [0.25, 0.3) is 10.1 Å². The molecule has 0 aliphatic heterocycles. The Balaban J connectivity index is 3.66. The van der Waals surface area contributed by atoms with Gasteiger partial charge in [-0.1, -0.05) is 6.58 Å². The molecule has 2 N–H and O–H groups in total. The minimum Gasteiger partial charge on any atom is -0.460 e.